The number of terminal acetylenes is 1. The number of amidine groups is 1. The topological polar surface area (TPSA) is 45.0 Å². The minimum atomic E-state index is 0.0781. The number of nitroso groups, excluding NO2 is 1. The van der Waals surface area contributed by atoms with Gasteiger partial charge < -0.3 is 4.90 Å². The first kappa shape index (κ1) is 9.63. The zero-order valence-electron chi connectivity index (χ0n) is 6.74. The molecule has 0 fully saturated rings. The maximum Gasteiger partial charge on any atom is 0.138 e. The lowest BCUT2D eigenvalue weighted by atomic mass is 10.5. The van der Waals surface area contributed by atoms with E-state index in [9.17, 15) is 4.91 Å². The zero-order chi connectivity index (χ0) is 8.69. The summed E-state index contributed by atoms with van der Waals surface area (Å²) in [5.41, 5.74) is 0. The van der Waals surface area contributed by atoms with Crippen LogP contribution in [-0.4, -0.2) is 37.9 Å². The fourth-order valence-corrected chi connectivity index (χ4v) is 0.527. The average Bonchev–Trinajstić information content (AvgIpc) is 1.97. The van der Waals surface area contributed by atoms with Gasteiger partial charge in [-0.05, 0) is 0 Å². The summed E-state index contributed by atoms with van der Waals surface area (Å²) in [5.74, 6) is 2.96. The van der Waals surface area contributed by atoms with Crippen molar-refractivity contribution in [2.45, 2.75) is 0 Å². The molecule has 0 aliphatic heterocycles. The molecule has 0 atom stereocenters. The molecule has 0 amide bonds. The predicted molar refractivity (Wildman–Crippen MR) is 45.5 cm³/mol. The quantitative estimate of drug-likeness (QED) is 0.254. The molecule has 11 heavy (non-hydrogen) atoms. The number of rotatable bonds is 3. The van der Waals surface area contributed by atoms with Crippen molar-refractivity contribution in [3.8, 4) is 12.3 Å². The lowest BCUT2D eigenvalue weighted by molar-refractivity contribution is 0.609. The molecule has 0 aromatic heterocycles. The van der Waals surface area contributed by atoms with Crippen LogP contribution < -0.4 is 0 Å². The van der Waals surface area contributed by atoms with Gasteiger partial charge in [-0.3, -0.25) is 4.99 Å². The number of hydrogen-bond acceptors (Lipinski definition) is 3. The molecule has 0 radical (unpaired) electrons. The van der Waals surface area contributed by atoms with Crippen LogP contribution in [0.4, 0.5) is 0 Å². The molecule has 0 bridgehead atoms. The van der Waals surface area contributed by atoms with E-state index in [1.807, 2.05) is 0 Å². The van der Waals surface area contributed by atoms with Gasteiger partial charge in [0.15, 0.2) is 0 Å². The third-order valence-corrected chi connectivity index (χ3v) is 1.08. The first-order valence-electron chi connectivity index (χ1n) is 3.15. The number of likely N-dealkylation sites (N-methyl/N-ethyl adjacent to an activating group) is 1. The van der Waals surface area contributed by atoms with Crippen molar-refractivity contribution in [1.82, 2.24) is 4.90 Å². The van der Waals surface area contributed by atoms with Crippen LogP contribution in [0.3, 0.4) is 0 Å². The Balaban J connectivity index is 4.10. The van der Waals surface area contributed by atoms with E-state index in [4.69, 9.17) is 6.42 Å². The van der Waals surface area contributed by atoms with Crippen LogP contribution in [0.15, 0.2) is 10.2 Å². The van der Waals surface area contributed by atoms with Crippen LogP contribution in [0.1, 0.15) is 0 Å². The van der Waals surface area contributed by atoms with Crippen LogP contribution >= 0.6 is 0 Å². The Morgan fingerprint density at radius 2 is 2.27 bits per heavy atom. The van der Waals surface area contributed by atoms with Crippen LogP contribution in [0.25, 0.3) is 0 Å². The minimum Gasteiger partial charge on any atom is -0.365 e. The molecule has 0 aromatic carbocycles. The minimum absolute atomic E-state index is 0.0781. The zero-order valence-corrected chi connectivity index (χ0v) is 6.74. The first-order chi connectivity index (χ1) is 5.22. The highest BCUT2D eigenvalue weighted by molar-refractivity contribution is 5.84. The Labute approximate surface area is 66.3 Å². The normalized spacial score (nSPS) is 10.5. The van der Waals surface area contributed by atoms with E-state index in [0.717, 1.165) is 0 Å². The SMILES string of the molecule is C#CCN=C(CN=O)N(C)C. The summed E-state index contributed by atoms with van der Waals surface area (Å²) in [7, 11) is 3.58. The smallest absolute Gasteiger partial charge is 0.138 e. The van der Waals surface area contributed by atoms with Gasteiger partial charge in [0.25, 0.3) is 0 Å². The molecule has 0 saturated carbocycles. The van der Waals surface area contributed by atoms with E-state index >= 15 is 0 Å². The van der Waals surface area contributed by atoms with Crippen molar-refractivity contribution in [2.24, 2.45) is 10.2 Å². The molecule has 0 aliphatic carbocycles. The van der Waals surface area contributed by atoms with Crippen LogP contribution in [0.2, 0.25) is 0 Å². The summed E-state index contributed by atoms with van der Waals surface area (Å²) in [6.07, 6.45) is 4.99. The second kappa shape index (κ2) is 5.42. The van der Waals surface area contributed by atoms with E-state index in [-0.39, 0.29) is 6.54 Å². The Morgan fingerprint density at radius 3 is 2.64 bits per heavy atom. The molecule has 0 aliphatic rings. The first-order valence-corrected chi connectivity index (χ1v) is 3.15. The van der Waals surface area contributed by atoms with Crippen LogP contribution in [-0.2, 0) is 0 Å². The van der Waals surface area contributed by atoms with E-state index in [2.05, 4.69) is 16.1 Å². The highest BCUT2D eigenvalue weighted by Gasteiger charge is 1.99. The molecule has 0 heterocycles. The molecule has 0 unspecified atom stereocenters. The maximum absolute atomic E-state index is 9.87. The average molecular weight is 153 g/mol. The van der Waals surface area contributed by atoms with Gasteiger partial charge in [-0.25, -0.2) is 0 Å². The van der Waals surface area contributed by atoms with Gasteiger partial charge in [0.2, 0.25) is 0 Å². The summed E-state index contributed by atoms with van der Waals surface area (Å²) in [5, 5.41) is 2.72. The Kier molecular flexibility index (Phi) is 4.74. The summed E-state index contributed by atoms with van der Waals surface area (Å²) in [6, 6.07) is 0. The van der Waals surface area contributed by atoms with E-state index in [0.29, 0.717) is 12.4 Å². The third-order valence-electron chi connectivity index (χ3n) is 1.08. The maximum atomic E-state index is 9.87. The van der Waals surface area contributed by atoms with Crippen molar-refractivity contribution >= 4 is 5.84 Å². The van der Waals surface area contributed by atoms with Gasteiger partial charge in [-0.2, -0.15) is 4.91 Å². The van der Waals surface area contributed by atoms with Gasteiger partial charge in [-0.1, -0.05) is 11.1 Å². The van der Waals surface area contributed by atoms with Crippen molar-refractivity contribution in [1.29, 1.82) is 0 Å². The van der Waals surface area contributed by atoms with Crippen molar-refractivity contribution in [2.75, 3.05) is 27.2 Å². The van der Waals surface area contributed by atoms with Crippen molar-refractivity contribution in [3.63, 3.8) is 0 Å². The highest BCUT2D eigenvalue weighted by atomic mass is 16.3. The fraction of sp³-hybridized carbons (Fsp3) is 0.571. The second-order valence-corrected chi connectivity index (χ2v) is 2.12. The fourth-order valence-electron chi connectivity index (χ4n) is 0.527. The number of nitrogens with zero attached hydrogens (tertiary/aromatic N) is 3. The molecule has 0 aromatic rings. The Hall–Kier alpha value is -1.37. The highest BCUT2D eigenvalue weighted by Crippen LogP contribution is 1.85. The molecule has 0 N–H and O–H groups in total. The summed E-state index contributed by atoms with van der Waals surface area (Å²) in [6.45, 7) is 0.373. The van der Waals surface area contributed by atoms with Gasteiger partial charge >= 0.3 is 0 Å². The van der Waals surface area contributed by atoms with E-state index in [1.165, 1.54) is 0 Å². The molecule has 4 nitrogen and oxygen atoms in total. The standard InChI is InChI=1S/C7H11N3O/c1-4-5-8-7(6-9-11)10(2)3/h1H,5-6H2,2-3H3. The summed E-state index contributed by atoms with van der Waals surface area (Å²) >= 11 is 0. The van der Waals surface area contributed by atoms with Crippen LogP contribution in [0, 0.1) is 17.3 Å². The Bertz CT molecular complexity index is 190. The second-order valence-electron chi connectivity index (χ2n) is 2.12. The monoisotopic (exact) mass is 153 g/mol. The van der Waals surface area contributed by atoms with Crippen molar-refractivity contribution in [3.05, 3.63) is 4.91 Å². The van der Waals surface area contributed by atoms with Gasteiger partial charge in [0.05, 0.1) is 0 Å². The predicted octanol–water partition coefficient (Wildman–Crippen LogP) is 0.346. The molecule has 0 rings (SSSR count). The lowest BCUT2D eigenvalue weighted by Gasteiger charge is -2.11. The van der Waals surface area contributed by atoms with E-state index < -0.39 is 0 Å². The van der Waals surface area contributed by atoms with Crippen LogP contribution in [0.5, 0.6) is 0 Å². The molecule has 0 saturated heterocycles. The lowest BCUT2D eigenvalue weighted by Crippen LogP contribution is -2.24. The van der Waals surface area contributed by atoms with Gasteiger partial charge in [0, 0.05) is 14.1 Å². The molecule has 0 spiro atoms. The largest absolute Gasteiger partial charge is 0.365 e. The van der Waals surface area contributed by atoms with Gasteiger partial charge in [-0.15, -0.1) is 6.42 Å². The molecule has 60 valence electrons. The third kappa shape index (κ3) is 4.09. The number of hydrogen-bond donors (Lipinski definition) is 0. The molecular formula is C7H11N3O. The summed E-state index contributed by atoms with van der Waals surface area (Å²) < 4.78 is 0. The summed E-state index contributed by atoms with van der Waals surface area (Å²) in [4.78, 5) is 15.5. The van der Waals surface area contributed by atoms with Crippen molar-refractivity contribution < 1.29 is 0 Å². The van der Waals surface area contributed by atoms with Gasteiger partial charge in [0.1, 0.15) is 18.9 Å². The Morgan fingerprint density at radius 1 is 1.64 bits per heavy atom. The van der Waals surface area contributed by atoms with E-state index in [1.54, 1.807) is 19.0 Å². The molecule has 4 heteroatoms. The number of aliphatic imine (C=N–C) groups is 1. The molecular weight excluding hydrogens is 142 g/mol.